The van der Waals surface area contributed by atoms with Gasteiger partial charge in [0.05, 0.1) is 17.6 Å². The van der Waals surface area contributed by atoms with E-state index in [0.29, 0.717) is 12.0 Å². The summed E-state index contributed by atoms with van der Waals surface area (Å²) in [5, 5.41) is 10.5. The van der Waals surface area contributed by atoms with Gasteiger partial charge >= 0.3 is 5.97 Å². The highest BCUT2D eigenvalue weighted by molar-refractivity contribution is 5.91. The fraction of sp³-hybridized carbons (Fsp3) is 0.667. The second kappa shape index (κ2) is 4.18. The minimum Gasteiger partial charge on any atom is -0.458 e. The zero-order valence-corrected chi connectivity index (χ0v) is 11.4. The molecule has 0 unspecified atom stereocenters. The molecule has 0 spiro atoms. The first-order chi connectivity index (χ1) is 8.92. The molecule has 2 aliphatic heterocycles. The lowest BCUT2D eigenvalue weighted by atomic mass is 9.82. The summed E-state index contributed by atoms with van der Waals surface area (Å²) < 4.78 is 11.0. The Labute approximate surface area is 113 Å². The van der Waals surface area contributed by atoms with Crippen molar-refractivity contribution in [3.8, 4) is 0 Å². The third-order valence-corrected chi connectivity index (χ3v) is 4.60. The van der Waals surface area contributed by atoms with E-state index in [1.807, 2.05) is 13.8 Å². The van der Waals surface area contributed by atoms with Gasteiger partial charge in [-0.2, -0.15) is 0 Å². The second-order valence-electron chi connectivity index (χ2n) is 6.13. The third-order valence-electron chi connectivity index (χ3n) is 4.60. The molecule has 2 saturated heterocycles. The van der Waals surface area contributed by atoms with Gasteiger partial charge < -0.3 is 14.6 Å². The predicted octanol–water partition coefficient (Wildman–Crippen LogP) is 1.73. The summed E-state index contributed by atoms with van der Waals surface area (Å²) in [6.07, 6.45) is 3.43. The largest absolute Gasteiger partial charge is 0.458 e. The highest BCUT2D eigenvalue weighted by Crippen LogP contribution is 2.48. The maximum Gasteiger partial charge on any atom is 0.334 e. The van der Waals surface area contributed by atoms with Crippen LogP contribution in [0.25, 0.3) is 0 Å². The van der Waals surface area contributed by atoms with E-state index >= 15 is 0 Å². The monoisotopic (exact) mass is 264 g/mol. The number of esters is 1. The molecule has 4 heteroatoms. The molecule has 1 aliphatic carbocycles. The number of hydrogen-bond acceptors (Lipinski definition) is 4. The Kier molecular flexibility index (Phi) is 2.84. The highest BCUT2D eigenvalue weighted by Gasteiger charge is 2.60. The molecular formula is C15H20O4. The average molecular weight is 264 g/mol. The van der Waals surface area contributed by atoms with E-state index in [2.05, 4.69) is 12.7 Å². The average Bonchev–Trinajstić information content (AvgIpc) is 2.92. The van der Waals surface area contributed by atoms with Gasteiger partial charge in [0.1, 0.15) is 12.2 Å². The predicted molar refractivity (Wildman–Crippen MR) is 69.4 cm³/mol. The molecule has 0 saturated carbocycles. The van der Waals surface area contributed by atoms with E-state index in [-0.39, 0.29) is 29.7 Å². The Balaban J connectivity index is 1.92. The van der Waals surface area contributed by atoms with Crippen LogP contribution in [0.15, 0.2) is 23.8 Å². The highest BCUT2D eigenvalue weighted by atomic mass is 16.6. The van der Waals surface area contributed by atoms with Gasteiger partial charge in [0, 0.05) is 12.0 Å². The first-order valence-corrected chi connectivity index (χ1v) is 6.84. The Bertz CT molecular complexity index is 467. The van der Waals surface area contributed by atoms with Crippen LogP contribution in [-0.4, -0.2) is 35.0 Å². The summed E-state index contributed by atoms with van der Waals surface area (Å²) in [7, 11) is 0. The molecule has 5 atom stereocenters. The summed E-state index contributed by atoms with van der Waals surface area (Å²) in [4.78, 5) is 11.7. The molecular weight excluding hydrogens is 244 g/mol. The quantitative estimate of drug-likeness (QED) is 0.313. The van der Waals surface area contributed by atoms with E-state index in [1.54, 1.807) is 0 Å². The number of aliphatic hydroxyl groups is 1. The topological polar surface area (TPSA) is 59.1 Å². The van der Waals surface area contributed by atoms with Crippen LogP contribution in [0.5, 0.6) is 0 Å². The molecule has 0 bridgehead atoms. The van der Waals surface area contributed by atoms with Crippen molar-refractivity contribution in [2.75, 3.05) is 0 Å². The number of rotatable bonds is 0. The fourth-order valence-corrected chi connectivity index (χ4v) is 3.32. The van der Waals surface area contributed by atoms with Gasteiger partial charge in [-0.25, -0.2) is 4.79 Å². The summed E-state index contributed by atoms with van der Waals surface area (Å²) in [5.74, 6) is -0.732. The molecule has 2 fully saturated rings. The Morgan fingerprint density at radius 1 is 1.53 bits per heavy atom. The van der Waals surface area contributed by atoms with Crippen molar-refractivity contribution in [1.29, 1.82) is 0 Å². The molecule has 3 rings (SSSR count). The van der Waals surface area contributed by atoms with E-state index < -0.39 is 6.10 Å². The van der Waals surface area contributed by atoms with Gasteiger partial charge in [-0.05, 0) is 26.7 Å². The van der Waals surface area contributed by atoms with Gasteiger partial charge in [-0.1, -0.05) is 18.2 Å². The molecule has 4 nitrogen and oxygen atoms in total. The van der Waals surface area contributed by atoms with Gasteiger partial charge in [0.25, 0.3) is 0 Å². The molecule has 19 heavy (non-hydrogen) atoms. The zero-order valence-electron chi connectivity index (χ0n) is 11.4. The molecule has 1 N–H and O–H groups in total. The minimum absolute atomic E-state index is 0.210. The van der Waals surface area contributed by atoms with Gasteiger partial charge in [0.2, 0.25) is 0 Å². The Hall–Kier alpha value is -1.13. The van der Waals surface area contributed by atoms with E-state index in [0.717, 1.165) is 12.8 Å². The smallest absolute Gasteiger partial charge is 0.334 e. The van der Waals surface area contributed by atoms with Gasteiger partial charge in [-0.3, -0.25) is 0 Å². The summed E-state index contributed by atoms with van der Waals surface area (Å²) in [5.41, 5.74) is 1.29. The van der Waals surface area contributed by atoms with Crippen LogP contribution in [0.4, 0.5) is 0 Å². The number of aliphatic hydroxyl groups excluding tert-OH is 1. The summed E-state index contributed by atoms with van der Waals surface area (Å²) >= 11 is 0. The number of carbonyl (C=O) groups excluding carboxylic acids is 1. The number of hydrogen-bond donors (Lipinski definition) is 1. The lowest BCUT2D eigenvalue weighted by Crippen LogP contribution is -2.36. The SMILES string of the molecule is C=C1C(=O)O[C@@H]2C/C(C)=C/CC[C@@]3(C)O[C@@H]3[C@@H](O)[C@H]12. The second-order valence-corrected chi connectivity index (χ2v) is 6.13. The number of carbonyl (C=O) groups is 1. The van der Waals surface area contributed by atoms with Crippen molar-refractivity contribution >= 4 is 5.97 Å². The van der Waals surface area contributed by atoms with Crippen LogP contribution in [0.1, 0.15) is 33.1 Å². The van der Waals surface area contributed by atoms with E-state index in [9.17, 15) is 9.90 Å². The standard InChI is InChI=1S/C15H20O4/c1-8-5-4-6-15(3)13(19-15)12(16)11-9(2)14(17)18-10(11)7-8/h5,10-13,16H,2,4,6-7H2,1,3H3/b8-5+/t10-,11-,12+,13-,15-/m1/s1. The number of epoxide rings is 1. The van der Waals surface area contributed by atoms with Crippen molar-refractivity contribution in [3.05, 3.63) is 23.8 Å². The maximum atomic E-state index is 11.7. The molecule has 0 aromatic heterocycles. The minimum atomic E-state index is -0.708. The molecule has 3 aliphatic rings. The molecule has 0 amide bonds. The van der Waals surface area contributed by atoms with Gasteiger partial charge in [-0.15, -0.1) is 0 Å². The number of fused-ring (bicyclic) bond motifs is 2. The van der Waals surface area contributed by atoms with Crippen LogP contribution in [0.3, 0.4) is 0 Å². The van der Waals surface area contributed by atoms with Crippen LogP contribution in [-0.2, 0) is 14.3 Å². The lowest BCUT2D eigenvalue weighted by molar-refractivity contribution is -0.139. The fourth-order valence-electron chi connectivity index (χ4n) is 3.32. The summed E-state index contributed by atoms with van der Waals surface area (Å²) in [6.45, 7) is 7.84. The molecule has 0 radical (unpaired) electrons. The van der Waals surface area contributed by atoms with Crippen molar-refractivity contribution in [2.45, 2.75) is 57.0 Å². The maximum absolute atomic E-state index is 11.7. The van der Waals surface area contributed by atoms with Crippen LogP contribution in [0.2, 0.25) is 0 Å². The molecule has 2 heterocycles. The molecule has 104 valence electrons. The third kappa shape index (κ3) is 2.03. The van der Waals surface area contributed by atoms with Crippen LogP contribution < -0.4 is 0 Å². The van der Waals surface area contributed by atoms with Crippen molar-refractivity contribution < 1.29 is 19.4 Å². The normalized spacial score (nSPS) is 48.7. The summed E-state index contributed by atoms with van der Waals surface area (Å²) in [6, 6.07) is 0. The Morgan fingerprint density at radius 2 is 2.26 bits per heavy atom. The van der Waals surface area contributed by atoms with Crippen LogP contribution in [0, 0.1) is 5.92 Å². The van der Waals surface area contributed by atoms with E-state index in [4.69, 9.17) is 9.47 Å². The molecule has 0 aromatic carbocycles. The lowest BCUT2D eigenvalue weighted by Gasteiger charge is -2.24. The van der Waals surface area contributed by atoms with Gasteiger partial charge in [0.15, 0.2) is 0 Å². The zero-order chi connectivity index (χ0) is 13.8. The van der Waals surface area contributed by atoms with Crippen molar-refractivity contribution in [1.82, 2.24) is 0 Å². The van der Waals surface area contributed by atoms with E-state index in [1.165, 1.54) is 5.57 Å². The van der Waals surface area contributed by atoms with Crippen LogP contribution >= 0.6 is 0 Å². The molecule has 0 aromatic rings. The Morgan fingerprint density at radius 3 is 3.00 bits per heavy atom. The number of allylic oxidation sites excluding steroid dienone is 1. The van der Waals surface area contributed by atoms with Crippen molar-refractivity contribution in [2.24, 2.45) is 5.92 Å². The van der Waals surface area contributed by atoms with Crippen molar-refractivity contribution in [3.63, 3.8) is 0 Å². The first kappa shape index (κ1) is 12.9. The first-order valence-electron chi connectivity index (χ1n) is 6.84. The number of ether oxygens (including phenoxy) is 2.